The number of benzene rings is 2. The van der Waals surface area contributed by atoms with Crippen LogP contribution in [-0.2, 0) is 14.3 Å². The third-order valence-corrected chi connectivity index (χ3v) is 4.88. The van der Waals surface area contributed by atoms with E-state index >= 15 is 0 Å². The lowest BCUT2D eigenvalue weighted by atomic mass is 10.1. The molecular formula is C24H27NO5. The number of amides is 1. The topological polar surface area (TPSA) is 65.1 Å². The molecule has 2 aromatic carbocycles. The minimum absolute atomic E-state index is 0.178. The number of rotatable bonds is 8. The van der Waals surface area contributed by atoms with Crippen LogP contribution in [0.4, 0.5) is 0 Å². The molecule has 2 aromatic rings. The van der Waals surface area contributed by atoms with Gasteiger partial charge in [0.05, 0.1) is 13.7 Å². The lowest BCUT2D eigenvalue weighted by molar-refractivity contribution is -0.156. The lowest BCUT2D eigenvalue weighted by Gasteiger charge is -2.23. The van der Waals surface area contributed by atoms with Gasteiger partial charge in [-0.1, -0.05) is 36.4 Å². The maximum absolute atomic E-state index is 12.9. The molecule has 158 valence electrons. The molecule has 1 saturated heterocycles. The number of carbonyl (C=O) groups is 2. The second kappa shape index (κ2) is 10.5. The average molecular weight is 409 g/mol. The molecule has 0 unspecified atom stereocenters. The van der Waals surface area contributed by atoms with Crippen molar-refractivity contribution in [3.63, 3.8) is 0 Å². The van der Waals surface area contributed by atoms with Crippen LogP contribution in [0.25, 0.3) is 6.08 Å². The van der Waals surface area contributed by atoms with Crippen molar-refractivity contribution >= 4 is 18.0 Å². The average Bonchev–Trinajstić information content (AvgIpc) is 3.32. The zero-order valence-corrected chi connectivity index (χ0v) is 17.4. The zero-order valence-electron chi connectivity index (χ0n) is 17.4. The van der Waals surface area contributed by atoms with Crippen LogP contribution in [0.1, 0.15) is 37.0 Å². The molecule has 3 rings (SSSR count). The number of ether oxygens (including phenoxy) is 3. The van der Waals surface area contributed by atoms with E-state index in [1.54, 1.807) is 42.4 Å². The van der Waals surface area contributed by atoms with Gasteiger partial charge in [0.2, 0.25) is 6.10 Å². The monoisotopic (exact) mass is 409 g/mol. The van der Waals surface area contributed by atoms with Crippen LogP contribution in [-0.4, -0.2) is 43.6 Å². The Kier molecular flexibility index (Phi) is 7.49. The summed E-state index contributed by atoms with van der Waals surface area (Å²) in [4.78, 5) is 27.2. The first kappa shape index (κ1) is 21.4. The van der Waals surface area contributed by atoms with Gasteiger partial charge < -0.3 is 19.1 Å². The first-order chi connectivity index (χ1) is 14.6. The number of nitrogens with zero attached hydrogens (tertiary/aromatic N) is 1. The van der Waals surface area contributed by atoms with Crippen LogP contribution >= 0.6 is 0 Å². The third kappa shape index (κ3) is 5.41. The quantitative estimate of drug-likeness (QED) is 0.487. The SMILES string of the molecule is CCOc1ccc(/C=C/C(=O)O[C@@H](C(=O)N2CCCC2)c2ccccc2)cc1OC. The summed E-state index contributed by atoms with van der Waals surface area (Å²) in [5.74, 6) is 0.464. The van der Waals surface area contributed by atoms with Crippen molar-refractivity contribution in [3.05, 3.63) is 65.7 Å². The fourth-order valence-corrected chi connectivity index (χ4v) is 3.37. The highest BCUT2D eigenvalue weighted by Gasteiger charge is 2.30. The van der Waals surface area contributed by atoms with Gasteiger partial charge in [0.15, 0.2) is 11.5 Å². The van der Waals surface area contributed by atoms with E-state index in [1.165, 1.54) is 6.08 Å². The molecule has 1 heterocycles. The van der Waals surface area contributed by atoms with Crippen molar-refractivity contribution in [2.75, 3.05) is 26.8 Å². The molecule has 0 radical (unpaired) electrons. The third-order valence-electron chi connectivity index (χ3n) is 4.88. The molecule has 0 aliphatic carbocycles. The van der Waals surface area contributed by atoms with E-state index in [0.29, 0.717) is 36.8 Å². The number of esters is 1. The van der Waals surface area contributed by atoms with Crippen LogP contribution in [0.3, 0.4) is 0 Å². The van der Waals surface area contributed by atoms with Gasteiger partial charge in [-0.05, 0) is 43.5 Å². The number of hydrogen-bond acceptors (Lipinski definition) is 5. The van der Waals surface area contributed by atoms with Crippen LogP contribution < -0.4 is 9.47 Å². The van der Waals surface area contributed by atoms with Gasteiger partial charge in [0, 0.05) is 24.7 Å². The van der Waals surface area contributed by atoms with E-state index in [9.17, 15) is 9.59 Å². The summed E-state index contributed by atoms with van der Waals surface area (Å²) < 4.78 is 16.4. The van der Waals surface area contributed by atoms with Crippen molar-refractivity contribution in [1.29, 1.82) is 0 Å². The first-order valence-electron chi connectivity index (χ1n) is 10.2. The molecule has 0 saturated carbocycles. The van der Waals surface area contributed by atoms with Crippen LogP contribution in [0.15, 0.2) is 54.6 Å². The first-order valence-corrected chi connectivity index (χ1v) is 10.2. The van der Waals surface area contributed by atoms with E-state index in [2.05, 4.69) is 0 Å². The Morgan fingerprint density at radius 1 is 1.07 bits per heavy atom. The summed E-state index contributed by atoms with van der Waals surface area (Å²) in [6, 6.07) is 14.5. The smallest absolute Gasteiger partial charge is 0.331 e. The maximum Gasteiger partial charge on any atom is 0.331 e. The van der Waals surface area contributed by atoms with Crippen molar-refractivity contribution in [3.8, 4) is 11.5 Å². The normalized spacial score (nSPS) is 14.5. The molecule has 0 bridgehead atoms. The van der Waals surface area contributed by atoms with Crippen LogP contribution in [0, 0.1) is 0 Å². The van der Waals surface area contributed by atoms with E-state index < -0.39 is 12.1 Å². The van der Waals surface area contributed by atoms with Gasteiger partial charge in [-0.2, -0.15) is 0 Å². The molecular weight excluding hydrogens is 382 g/mol. The largest absolute Gasteiger partial charge is 0.493 e. The number of hydrogen-bond donors (Lipinski definition) is 0. The second-order valence-corrected chi connectivity index (χ2v) is 6.94. The van der Waals surface area contributed by atoms with Crippen molar-refractivity contribution in [2.45, 2.75) is 25.9 Å². The van der Waals surface area contributed by atoms with Gasteiger partial charge in [-0.25, -0.2) is 4.79 Å². The molecule has 1 aliphatic heterocycles. The zero-order chi connectivity index (χ0) is 21.3. The summed E-state index contributed by atoms with van der Waals surface area (Å²) >= 11 is 0. The van der Waals surface area contributed by atoms with Gasteiger partial charge in [0.1, 0.15) is 0 Å². The van der Waals surface area contributed by atoms with Gasteiger partial charge >= 0.3 is 5.97 Å². The van der Waals surface area contributed by atoms with Gasteiger partial charge in [0.25, 0.3) is 5.91 Å². The van der Waals surface area contributed by atoms with E-state index in [1.807, 2.05) is 31.2 Å². The summed E-state index contributed by atoms with van der Waals surface area (Å²) in [6.45, 7) is 3.82. The lowest BCUT2D eigenvalue weighted by Crippen LogP contribution is -2.34. The Balaban J connectivity index is 1.73. The Morgan fingerprint density at radius 3 is 2.47 bits per heavy atom. The Hall–Kier alpha value is -3.28. The summed E-state index contributed by atoms with van der Waals surface area (Å²) in [7, 11) is 1.56. The molecule has 0 spiro atoms. The molecule has 6 heteroatoms. The second-order valence-electron chi connectivity index (χ2n) is 6.94. The number of methoxy groups -OCH3 is 1. The van der Waals surface area contributed by atoms with Crippen LogP contribution in [0.5, 0.6) is 11.5 Å². The van der Waals surface area contributed by atoms with Crippen molar-refractivity contribution in [2.24, 2.45) is 0 Å². The highest BCUT2D eigenvalue weighted by molar-refractivity contribution is 5.91. The molecule has 0 aromatic heterocycles. The van der Waals surface area contributed by atoms with Crippen molar-refractivity contribution < 1.29 is 23.8 Å². The number of likely N-dealkylation sites (tertiary alicyclic amines) is 1. The van der Waals surface area contributed by atoms with Crippen molar-refractivity contribution in [1.82, 2.24) is 4.90 Å². The van der Waals surface area contributed by atoms with Crippen LogP contribution in [0.2, 0.25) is 0 Å². The minimum Gasteiger partial charge on any atom is -0.493 e. The predicted molar refractivity (Wildman–Crippen MR) is 114 cm³/mol. The maximum atomic E-state index is 12.9. The van der Waals surface area contributed by atoms with Gasteiger partial charge in [-0.15, -0.1) is 0 Å². The highest BCUT2D eigenvalue weighted by atomic mass is 16.5. The summed E-state index contributed by atoms with van der Waals surface area (Å²) in [5.41, 5.74) is 1.42. The van der Waals surface area contributed by atoms with Gasteiger partial charge in [-0.3, -0.25) is 4.79 Å². The fourth-order valence-electron chi connectivity index (χ4n) is 3.37. The molecule has 1 atom stereocenters. The van der Waals surface area contributed by atoms with E-state index in [0.717, 1.165) is 18.4 Å². The molecule has 1 fully saturated rings. The molecule has 30 heavy (non-hydrogen) atoms. The Morgan fingerprint density at radius 2 is 1.80 bits per heavy atom. The molecule has 1 amide bonds. The standard InChI is InChI=1S/C24H27NO5/c1-3-29-20-13-11-18(17-21(20)28-2)12-14-22(26)30-23(19-9-5-4-6-10-19)24(27)25-15-7-8-16-25/h4-6,9-14,17,23H,3,7-8,15-16H2,1-2H3/b14-12+/t23-/m1/s1. The predicted octanol–water partition coefficient (Wildman–Crippen LogP) is 4.01. The Bertz CT molecular complexity index is 888. The molecule has 0 N–H and O–H groups in total. The van der Waals surface area contributed by atoms with E-state index in [4.69, 9.17) is 14.2 Å². The molecule has 6 nitrogen and oxygen atoms in total. The Labute approximate surface area is 177 Å². The summed E-state index contributed by atoms with van der Waals surface area (Å²) in [6.07, 6.45) is 3.95. The minimum atomic E-state index is -0.948. The number of carbonyl (C=O) groups excluding carboxylic acids is 2. The summed E-state index contributed by atoms with van der Waals surface area (Å²) in [5, 5.41) is 0. The molecule has 1 aliphatic rings. The van der Waals surface area contributed by atoms with E-state index in [-0.39, 0.29) is 5.91 Å². The fraction of sp³-hybridized carbons (Fsp3) is 0.333. The highest BCUT2D eigenvalue weighted by Crippen LogP contribution is 2.29.